The van der Waals surface area contributed by atoms with Crippen LogP contribution in [0.2, 0.25) is 0 Å². The Morgan fingerprint density at radius 3 is 0.778 bits per heavy atom. The van der Waals surface area contributed by atoms with E-state index in [-0.39, 0.29) is 17.6 Å². The van der Waals surface area contributed by atoms with Gasteiger partial charge in [0.2, 0.25) is 0 Å². The van der Waals surface area contributed by atoms with Gasteiger partial charge >= 0.3 is 17.6 Å². The second kappa shape index (κ2) is 11.5. The fourth-order valence-electron chi connectivity index (χ4n) is 0. The first-order valence-corrected chi connectivity index (χ1v) is 3.00. The van der Waals surface area contributed by atoms with Crippen LogP contribution in [0.3, 0.4) is 0 Å². The van der Waals surface area contributed by atoms with Gasteiger partial charge in [-0.2, -0.15) is 0 Å². The van der Waals surface area contributed by atoms with Gasteiger partial charge in [0.05, 0.1) is 0 Å². The molecule has 6 nitrogen and oxygen atoms in total. The minimum Gasteiger partial charge on any atom is -0.784 e. The molecule has 0 radical (unpaired) electrons. The van der Waals surface area contributed by atoms with E-state index in [1.807, 2.05) is 0 Å². The fraction of sp³-hybridized carbons (Fsp3) is 0. The van der Waals surface area contributed by atoms with Crippen LogP contribution in [-0.2, 0) is 22.7 Å². The van der Waals surface area contributed by atoms with Crippen molar-refractivity contribution in [1.82, 2.24) is 0 Å². The van der Waals surface area contributed by atoms with Gasteiger partial charge in [0.1, 0.15) is 0 Å². The van der Waals surface area contributed by atoms with Crippen molar-refractivity contribution in [3.8, 4) is 0 Å². The summed E-state index contributed by atoms with van der Waals surface area (Å²) in [6.07, 6.45) is 0. The molecule has 9 heteroatoms. The minimum atomic E-state index is -3.11. The molecule has 0 aromatic carbocycles. The summed E-state index contributed by atoms with van der Waals surface area (Å²) in [6, 6.07) is 0. The Kier molecular flexibility index (Phi) is 20.8. The Balaban J connectivity index is -0.0000000720. The molecule has 0 bridgehead atoms. The SMILES string of the molecule is O=S([O-])[O-].O=S([O-])[O-].[Ge+4]. The molecule has 0 aliphatic carbocycles. The van der Waals surface area contributed by atoms with Gasteiger partial charge in [-0.15, -0.1) is 22.7 Å². The first-order chi connectivity index (χ1) is 3.46. The van der Waals surface area contributed by atoms with Gasteiger partial charge in [-0.3, -0.25) is 8.42 Å². The standard InChI is InChI=1S/Ge.2H2O3S/c;2*1-4(2)3/h;2*(H2,1,2,3)/q+4;;/p-4. The maximum atomic E-state index is 8.44. The van der Waals surface area contributed by atoms with Crippen LogP contribution < -0.4 is 0 Å². The van der Waals surface area contributed by atoms with E-state index in [2.05, 4.69) is 0 Å². The molecule has 52 valence electrons. The molecule has 0 fully saturated rings. The molecule has 0 spiro atoms. The van der Waals surface area contributed by atoms with Crippen molar-refractivity contribution < 1.29 is 26.6 Å². The van der Waals surface area contributed by atoms with Gasteiger partial charge < -0.3 is 18.2 Å². The van der Waals surface area contributed by atoms with Crippen molar-refractivity contribution in [2.45, 2.75) is 0 Å². The summed E-state index contributed by atoms with van der Waals surface area (Å²) in [5.74, 6) is 0. The third kappa shape index (κ3) is 832. The van der Waals surface area contributed by atoms with E-state index >= 15 is 0 Å². The van der Waals surface area contributed by atoms with Crippen molar-refractivity contribution >= 4 is 40.3 Å². The van der Waals surface area contributed by atoms with Gasteiger partial charge in [0.15, 0.2) is 0 Å². The second-order valence-corrected chi connectivity index (χ2v) is 1.22. The van der Waals surface area contributed by atoms with E-state index in [0.29, 0.717) is 0 Å². The summed E-state index contributed by atoms with van der Waals surface area (Å²) in [5.41, 5.74) is 0. The predicted molar refractivity (Wildman–Crippen MR) is 25.1 cm³/mol. The van der Waals surface area contributed by atoms with E-state index in [1.165, 1.54) is 0 Å². The second-order valence-electron chi connectivity index (χ2n) is 0.408. The Morgan fingerprint density at radius 1 is 0.778 bits per heavy atom. The molecule has 0 rings (SSSR count). The van der Waals surface area contributed by atoms with Crippen molar-refractivity contribution in [2.75, 3.05) is 0 Å². The third-order valence-electron chi connectivity index (χ3n) is 0. The molecule has 0 saturated carbocycles. The normalized spacial score (nSPS) is 7.78. The van der Waals surface area contributed by atoms with Crippen LogP contribution in [0, 0.1) is 0 Å². The summed E-state index contributed by atoms with van der Waals surface area (Å²) in [5, 5.41) is 0. The molecule has 0 aliphatic heterocycles. The summed E-state index contributed by atoms with van der Waals surface area (Å²) < 4.78 is 50.7. The molecule has 0 unspecified atom stereocenters. The van der Waals surface area contributed by atoms with Crippen LogP contribution in [0.5, 0.6) is 0 Å². The molecule has 0 N–H and O–H groups in total. The molecule has 0 amide bonds. The summed E-state index contributed by atoms with van der Waals surface area (Å²) in [6.45, 7) is 0. The molecule has 9 heavy (non-hydrogen) atoms. The van der Waals surface area contributed by atoms with Gasteiger partial charge in [0, 0.05) is 0 Å². The molecule has 0 atom stereocenters. The zero-order valence-electron chi connectivity index (χ0n) is 3.77. The topological polar surface area (TPSA) is 126 Å². The summed E-state index contributed by atoms with van der Waals surface area (Å²) in [4.78, 5) is 0. The van der Waals surface area contributed by atoms with Crippen LogP contribution in [0.4, 0.5) is 0 Å². The van der Waals surface area contributed by atoms with Gasteiger partial charge in [-0.05, 0) is 0 Å². The third-order valence-corrected chi connectivity index (χ3v) is 0. The van der Waals surface area contributed by atoms with Crippen LogP contribution in [-0.4, -0.2) is 44.2 Å². The largest absolute Gasteiger partial charge is 4.00 e. The maximum absolute atomic E-state index is 8.44. The molecule has 0 aliphatic rings. The van der Waals surface area contributed by atoms with E-state index in [1.54, 1.807) is 0 Å². The Labute approximate surface area is 67.2 Å². The van der Waals surface area contributed by atoms with Crippen molar-refractivity contribution in [3.05, 3.63) is 0 Å². The average Bonchev–Trinajstić information content (AvgIpc) is 1.25. The van der Waals surface area contributed by atoms with Crippen molar-refractivity contribution in [3.63, 3.8) is 0 Å². The van der Waals surface area contributed by atoms with E-state index in [0.717, 1.165) is 0 Å². The van der Waals surface area contributed by atoms with E-state index in [4.69, 9.17) is 26.6 Å². The molecule has 0 heterocycles. The zero-order valence-corrected chi connectivity index (χ0v) is 7.50. The predicted octanol–water partition coefficient (Wildman–Crippen LogP) is -2.39. The van der Waals surface area contributed by atoms with Gasteiger partial charge in [-0.1, -0.05) is 0 Å². The maximum Gasteiger partial charge on any atom is 4.00 e. The Hall–Kier alpha value is 0.683. The molecule has 0 aromatic rings. The molecule has 0 aromatic heterocycles. The van der Waals surface area contributed by atoms with Gasteiger partial charge in [-0.25, -0.2) is 0 Å². The van der Waals surface area contributed by atoms with Crippen LogP contribution in [0.25, 0.3) is 0 Å². The van der Waals surface area contributed by atoms with Crippen LogP contribution in [0.15, 0.2) is 0 Å². The molecule has 0 saturated heterocycles. The van der Waals surface area contributed by atoms with Crippen molar-refractivity contribution in [2.24, 2.45) is 0 Å². The van der Waals surface area contributed by atoms with Crippen molar-refractivity contribution in [1.29, 1.82) is 0 Å². The molecular formula is GeO6S2. The first-order valence-electron chi connectivity index (χ1n) is 1.00. The first kappa shape index (κ1) is 16.3. The average molecular weight is 233 g/mol. The Morgan fingerprint density at radius 2 is 0.778 bits per heavy atom. The molecular weight excluding hydrogens is 233 g/mol. The Bertz CT molecular complexity index is 69.1. The number of rotatable bonds is 0. The van der Waals surface area contributed by atoms with E-state index in [9.17, 15) is 0 Å². The number of hydrogen-bond donors (Lipinski definition) is 0. The monoisotopic (exact) mass is 234 g/mol. The van der Waals surface area contributed by atoms with Crippen LogP contribution in [0.1, 0.15) is 0 Å². The quantitative estimate of drug-likeness (QED) is 0.339. The number of hydrogen-bond acceptors (Lipinski definition) is 6. The van der Waals surface area contributed by atoms with Crippen LogP contribution >= 0.6 is 0 Å². The zero-order chi connectivity index (χ0) is 7.15. The smallest absolute Gasteiger partial charge is 0.784 e. The fourth-order valence-corrected chi connectivity index (χ4v) is 0. The summed E-state index contributed by atoms with van der Waals surface area (Å²) in [7, 11) is 0. The van der Waals surface area contributed by atoms with E-state index < -0.39 is 22.7 Å². The summed E-state index contributed by atoms with van der Waals surface area (Å²) >= 11 is -6.22. The van der Waals surface area contributed by atoms with Gasteiger partial charge in [0.25, 0.3) is 0 Å². The minimum absolute atomic E-state index is 0.